The molecule has 0 aliphatic carbocycles. The fourth-order valence-corrected chi connectivity index (χ4v) is 3.30. The number of piperazine rings is 1. The van der Waals surface area contributed by atoms with E-state index >= 15 is 0 Å². The summed E-state index contributed by atoms with van der Waals surface area (Å²) in [6.45, 7) is 4.95. The lowest BCUT2D eigenvalue weighted by molar-refractivity contribution is 0.0706. The number of hydrogen-bond donors (Lipinski definition) is 1. The normalized spacial score (nSPS) is 15.7. The predicted molar refractivity (Wildman–Crippen MR) is 120 cm³/mol. The quantitative estimate of drug-likeness (QED) is 0.571. The van der Waals surface area contributed by atoms with Crippen LogP contribution >= 0.6 is 12.4 Å². The highest BCUT2D eigenvalue weighted by Gasteiger charge is 2.26. The van der Waals surface area contributed by atoms with Gasteiger partial charge in [0.25, 0.3) is 0 Å². The van der Waals surface area contributed by atoms with Gasteiger partial charge in [-0.05, 0) is 36.8 Å². The molecule has 31 heavy (non-hydrogen) atoms. The number of halogens is 2. The van der Waals surface area contributed by atoms with Crippen LogP contribution in [0.15, 0.2) is 48.5 Å². The summed E-state index contributed by atoms with van der Waals surface area (Å²) in [5.41, 5.74) is 0.296. The Morgan fingerprint density at radius 1 is 1.13 bits per heavy atom. The Balaban J connectivity index is 0.00000341. The van der Waals surface area contributed by atoms with E-state index in [-0.39, 0.29) is 25.1 Å². The van der Waals surface area contributed by atoms with Crippen molar-refractivity contribution in [3.63, 3.8) is 0 Å². The summed E-state index contributed by atoms with van der Waals surface area (Å²) in [6, 6.07) is 14.2. The molecular weight excluding hydrogens is 423 g/mol. The average molecular weight is 453 g/mol. The third-order valence-corrected chi connectivity index (χ3v) is 4.99. The van der Waals surface area contributed by atoms with Crippen LogP contribution in [-0.2, 0) is 11.3 Å². The number of ether oxygens (including phenoxy) is 3. The molecule has 1 fully saturated rings. The van der Waals surface area contributed by atoms with Gasteiger partial charge < -0.3 is 24.4 Å². The molecule has 1 heterocycles. The zero-order valence-electron chi connectivity index (χ0n) is 17.7. The molecule has 1 amide bonds. The van der Waals surface area contributed by atoms with Crippen molar-refractivity contribution in [2.75, 3.05) is 32.8 Å². The Morgan fingerprint density at radius 2 is 1.87 bits per heavy atom. The Bertz CT molecular complexity index is 809. The van der Waals surface area contributed by atoms with Gasteiger partial charge in [0.2, 0.25) is 0 Å². The van der Waals surface area contributed by atoms with Crippen molar-refractivity contribution in [1.82, 2.24) is 10.2 Å². The lowest BCUT2D eigenvalue weighted by atomic mass is 10.1. The fourth-order valence-electron chi connectivity index (χ4n) is 3.30. The zero-order chi connectivity index (χ0) is 21.2. The molecule has 2 aromatic carbocycles. The predicted octanol–water partition coefficient (Wildman–Crippen LogP) is 4.42. The van der Waals surface area contributed by atoms with E-state index in [1.54, 1.807) is 17.0 Å². The number of nitrogens with one attached hydrogen (secondary N) is 1. The average Bonchev–Trinajstić information content (AvgIpc) is 2.79. The first-order valence-electron chi connectivity index (χ1n) is 10.4. The topological polar surface area (TPSA) is 60.0 Å². The van der Waals surface area contributed by atoms with E-state index in [0.717, 1.165) is 25.3 Å². The molecule has 1 atom stereocenters. The minimum absolute atomic E-state index is 0. The molecule has 1 aliphatic rings. The van der Waals surface area contributed by atoms with Crippen molar-refractivity contribution in [2.45, 2.75) is 32.4 Å². The zero-order valence-corrected chi connectivity index (χ0v) is 18.5. The lowest BCUT2D eigenvalue weighted by Gasteiger charge is -2.34. The van der Waals surface area contributed by atoms with Crippen molar-refractivity contribution >= 4 is 18.5 Å². The number of benzene rings is 2. The van der Waals surface area contributed by atoms with Crippen LogP contribution in [0.5, 0.6) is 11.5 Å². The van der Waals surface area contributed by atoms with Gasteiger partial charge in [-0.15, -0.1) is 12.4 Å². The second kappa shape index (κ2) is 13.0. The van der Waals surface area contributed by atoms with E-state index in [1.807, 2.05) is 37.3 Å². The van der Waals surface area contributed by atoms with Crippen LogP contribution in [0, 0.1) is 5.82 Å². The number of rotatable bonds is 9. The molecule has 1 aliphatic heterocycles. The van der Waals surface area contributed by atoms with Crippen LogP contribution in [0.1, 0.15) is 25.3 Å². The number of para-hydroxylation sites is 1. The van der Waals surface area contributed by atoms with Gasteiger partial charge in [-0.3, -0.25) is 0 Å². The Hall–Kier alpha value is -2.51. The van der Waals surface area contributed by atoms with Crippen LogP contribution in [-0.4, -0.2) is 49.9 Å². The van der Waals surface area contributed by atoms with Crippen molar-refractivity contribution < 1.29 is 23.4 Å². The minimum atomic E-state index is -0.421. The monoisotopic (exact) mass is 452 g/mol. The number of amides is 1. The highest BCUT2D eigenvalue weighted by Crippen LogP contribution is 2.19. The van der Waals surface area contributed by atoms with Crippen molar-refractivity contribution in [3.05, 3.63) is 59.9 Å². The van der Waals surface area contributed by atoms with E-state index in [1.165, 1.54) is 6.07 Å². The molecule has 0 bridgehead atoms. The minimum Gasteiger partial charge on any atom is -0.493 e. The highest BCUT2D eigenvalue weighted by molar-refractivity contribution is 5.85. The van der Waals surface area contributed by atoms with Crippen LogP contribution in [0.4, 0.5) is 9.18 Å². The Morgan fingerprint density at radius 3 is 2.61 bits per heavy atom. The SMILES string of the molecule is CC[C@@H]1CNCCN1C(=O)OCc1cc(OCCCOc2ccccc2)ccc1F.Cl. The maximum atomic E-state index is 14.1. The standard InChI is InChI=1S/C23H29FN2O4.ClH/c1-2-19-16-25-11-12-26(19)23(27)30-17-18-15-21(9-10-22(18)24)29-14-6-13-28-20-7-4-3-5-8-20;/h3-5,7-10,15,19,25H,2,6,11-14,16-17H2,1H3;1H/t19-;/m1./s1. The van der Waals surface area contributed by atoms with Gasteiger partial charge in [0.1, 0.15) is 23.9 Å². The first kappa shape index (κ1) is 24.8. The Labute approximate surface area is 189 Å². The molecule has 0 spiro atoms. The van der Waals surface area contributed by atoms with E-state index in [0.29, 0.717) is 37.5 Å². The molecule has 1 N–H and O–H groups in total. The smallest absolute Gasteiger partial charge is 0.410 e. The number of carbonyl (C=O) groups excluding carboxylic acids is 1. The van der Waals surface area contributed by atoms with Gasteiger partial charge in [-0.25, -0.2) is 9.18 Å². The molecule has 8 heteroatoms. The van der Waals surface area contributed by atoms with Gasteiger partial charge in [-0.2, -0.15) is 0 Å². The van der Waals surface area contributed by atoms with Crippen LogP contribution in [0.2, 0.25) is 0 Å². The van der Waals surface area contributed by atoms with Crippen molar-refractivity contribution in [1.29, 1.82) is 0 Å². The first-order valence-corrected chi connectivity index (χ1v) is 10.4. The number of nitrogens with zero attached hydrogens (tertiary/aromatic N) is 1. The van der Waals surface area contributed by atoms with Crippen molar-refractivity contribution in [3.8, 4) is 11.5 Å². The van der Waals surface area contributed by atoms with Crippen LogP contribution < -0.4 is 14.8 Å². The maximum Gasteiger partial charge on any atom is 0.410 e. The summed E-state index contributed by atoms with van der Waals surface area (Å²) in [7, 11) is 0. The lowest BCUT2D eigenvalue weighted by Crippen LogP contribution is -2.53. The maximum absolute atomic E-state index is 14.1. The first-order chi connectivity index (χ1) is 14.7. The molecule has 0 aromatic heterocycles. The second-order valence-electron chi connectivity index (χ2n) is 7.13. The van der Waals surface area contributed by atoms with Gasteiger partial charge in [0.05, 0.1) is 13.2 Å². The summed E-state index contributed by atoms with van der Waals surface area (Å²) in [5, 5.41) is 3.26. The molecule has 0 unspecified atom stereocenters. The molecule has 2 aromatic rings. The summed E-state index contributed by atoms with van der Waals surface area (Å²) >= 11 is 0. The van der Waals surface area contributed by atoms with E-state index in [4.69, 9.17) is 14.2 Å². The summed E-state index contributed by atoms with van der Waals surface area (Å²) in [6.07, 6.45) is 1.12. The highest BCUT2D eigenvalue weighted by atomic mass is 35.5. The third kappa shape index (κ3) is 7.60. The second-order valence-corrected chi connectivity index (χ2v) is 7.13. The van der Waals surface area contributed by atoms with Crippen molar-refractivity contribution in [2.24, 2.45) is 0 Å². The molecule has 6 nitrogen and oxygen atoms in total. The fraction of sp³-hybridized carbons (Fsp3) is 0.435. The number of carbonyl (C=O) groups is 1. The molecule has 3 rings (SSSR count). The van der Waals surface area contributed by atoms with Gasteiger partial charge >= 0.3 is 6.09 Å². The number of hydrogen-bond acceptors (Lipinski definition) is 5. The molecule has 0 radical (unpaired) electrons. The van der Waals surface area contributed by atoms with Gasteiger partial charge in [0.15, 0.2) is 0 Å². The summed E-state index contributed by atoms with van der Waals surface area (Å²) in [5.74, 6) is 0.934. The molecule has 170 valence electrons. The third-order valence-electron chi connectivity index (χ3n) is 4.99. The van der Waals surface area contributed by atoms with Gasteiger partial charge in [-0.1, -0.05) is 25.1 Å². The van der Waals surface area contributed by atoms with Crippen LogP contribution in [0.3, 0.4) is 0 Å². The largest absolute Gasteiger partial charge is 0.493 e. The summed E-state index contributed by atoms with van der Waals surface area (Å²) < 4.78 is 30.8. The van der Waals surface area contributed by atoms with E-state index < -0.39 is 11.9 Å². The van der Waals surface area contributed by atoms with E-state index in [9.17, 15) is 9.18 Å². The summed E-state index contributed by atoms with van der Waals surface area (Å²) in [4.78, 5) is 14.1. The Kier molecular flexibility index (Phi) is 10.4. The van der Waals surface area contributed by atoms with Crippen LogP contribution in [0.25, 0.3) is 0 Å². The van der Waals surface area contributed by atoms with E-state index in [2.05, 4.69) is 5.32 Å². The molecular formula is C23H30ClFN2O4. The molecule has 1 saturated heterocycles. The van der Waals surface area contributed by atoms with Gasteiger partial charge in [0, 0.05) is 37.7 Å². The molecule has 0 saturated carbocycles.